The third-order valence-corrected chi connectivity index (χ3v) is 9.23. The monoisotopic (exact) mass is 672 g/mol. The second-order valence-corrected chi connectivity index (χ2v) is 14.1. The lowest BCUT2D eigenvalue weighted by atomic mass is 9.94. The first-order chi connectivity index (χ1) is 23.7. The molecule has 3 aromatic rings. The maximum Gasteiger partial charge on any atom is 0.190 e. The van der Waals surface area contributed by atoms with Crippen LogP contribution in [0.5, 0.6) is 0 Å². The Labute approximate surface area is 289 Å². The van der Waals surface area contributed by atoms with Gasteiger partial charge in [-0.25, -0.2) is 0 Å². The first kappa shape index (κ1) is 34.3. The number of benzene rings is 3. The fourth-order valence-electron chi connectivity index (χ4n) is 7.02. The molecule has 49 heavy (non-hydrogen) atoms. The van der Waals surface area contributed by atoms with Crippen LogP contribution in [0.3, 0.4) is 0 Å². The molecule has 0 saturated carbocycles. The third kappa shape index (κ3) is 8.61. The summed E-state index contributed by atoms with van der Waals surface area (Å²) in [5.41, 5.74) is 3.26. The van der Waals surface area contributed by atoms with Gasteiger partial charge in [0.05, 0.1) is 38.3 Å². The molecule has 4 aliphatic rings. The minimum atomic E-state index is -0.773. The Balaban J connectivity index is 1.10. The van der Waals surface area contributed by atoms with Gasteiger partial charge in [-0.2, -0.15) is 0 Å². The van der Waals surface area contributed by atoms with Crippen LogP contribution in [0, 0.1) is 0 Å². The quantitative estimate of drug-likeness (QED) is 0.194. The van der Waals surface area contributed by atoms with Crippen molar-refractivity contribution in [2.24, 2.45) is 0 Å². The number of fused-ring (bicyclic) bond motifs is 3. The predicted molar refractivity (Wildman–Crippen MR) is 181 cm³/mol. The van der Waals surface area contributed by atoms with Crippen molar-refractivity contribution in [2.75, 3.05) is 6.61 Å². The molecule has 3 saturated heterocycles. The van der Waals surface area contributed by atoms with E-state index in [2.05, 4.69) is 42.5 Å². The van der Waals surface area contributed by atoms with Crippen LogP contribution in [0.1, 0.15) is 57.2 Å². The molecule has 4 aliphatic heterocycles. The molecule has 3 fully saturated rings. The van der Waals surface area contributed by atoms with Crippen LogP contribution in [-0.2, 0) is 62.5 Å². The topological polar surface area (TPSA) is 83.1 Å². The van der Waals surface area contributed by atoms with E-state index in [1.807, 2.05) is 82.3 Å². The van der Waals surface area contributed by atoms with Gasteiger partial charge in [-0.1, -0.05) is 91.0 Å². The molecule has 8 atom stereocenters. The minimum Gasteiger partial charge on any atom is -0.490 e. The molecule has 9 heteroatoms. The van der Waals surface area contributed by atoms with E-state index in [0.717, 1.165) is 22.4 Å². The third-order valence-electron chi connectivity index (χ3n) is 9.23. The van der Waals surface area contributed by atoms with Crippen molar-refractivity contribution in [3.05, 3.63) is 120 Å². The lowest BCUT2D eigenvalue weighted by Gasteiger charge is -2.39. The van der Waals surface area contributed by atoms with Crippen molar-refractivity contribution < 1.29 is 42.6 Å². The summed E-state index contributed by atoms with van der Waals surface area (Å²) in [7, 11) is 0. The van der Waals surface area contributed by atoms with Crippen LogP contribution in [-0.4, -0.2) is 67.2 Å². The summed E-state index contributed by atoms with van der Waals surface area (Å²) in [6, 6.07) is 30.5. The molecule has 0 unspecified atom stereocenters. The van der Waals surface area contributed by atoms with Gasteiger partial charge in [0, 0.05) is 6.42 Å². The highest BCUT2D eigenvalue weighted by Crippen LogP contribution is 2.45. The van der Waals surface area contributed by atoms with Gasteiger partial charge in [-0.05, 0) is 56.9 Å². The van der Waals surface area contributed by atoms with E-state index in [4.69, 9.17) is 42.6 Å². The molecule has 262 valence electrons. The zero-order valence-electron chi connectivity index (χ0n) is 28.8. The van der Waals surface area contributed by atoms with E-state index >= 15 is 0 Å². The molecule has 0 spiro atoms. The summed E-state index contributed by atoms with van der Waals surface area (Å²) in [5, 5.41) is 0. The maximum absolute atomic E-state index is 6.72. The van der Waals surface area contributed by atoms with E-state index in [9.17, 15) is 0 Å². The summed E-state index contributed by atoms with van der Waals surface area (Å²) in [6.45, 7) is 9.29. The average molecular weight is 673 g/mol. The first-order valence-corrected chi connectivity index (χ1v) is 17.4. The standard InChI is InChI=1S/C40H48O9/c1-39(2)46-35-31(45-38-37(36(35)47-39)48-40(3,4)49-38)21-20-30-22-32(42-24-28-16-10-6-11-17-28)34(43-25-29-18-12-7-13-19-29)33(44-30)26-41-23-27-14-8-5-9-15-27/h5-19,22,31-38H,20-21,23-26H2,1-4H3/t31-,32-,33-,34+,35+,36+,37-,38-/m1/s1. The number of rotatable bonds is 13. The normalized spacial score (nSPS) is 31.4. The number of allylic oxidation sites excluding steroid dienone is 1. The lowest BCUT2D eigenvalue weighted by Crippen LogP contribution is -2.55. The van der Waals surface area contributed by atoms with Gasteiger partial charge < -0.3 is 42.6 Å². The Morgan fingerprint density at radius 2 is 1.14 bits per heavy atom. The van der Waals surface area contributed by atoms with Gasteiger partial charge in [0.1, 0.15) is 30.5 Å². The average Bonchev–Trinajstić information content (AvgIpc) is 3.60. The minimum absolute atomic E-state index is 0.293. The van der Waals surface area contributed by atoms with Gasteiger partial charge in [0.25, 0.3) is 0 Å². The van der Waals surface area contributed by atoms with Crippen LogP contribution in [0.25, 0.3) is 0 Å². The molecule has 0 aliphatic carbocycles. The molecular formula is C40H48O9. The van der Waals surface area contributed by atoms with Gasteiger partial charge in [-0.15, -0.1) is 0 Å². The molecule has 7 rings (SSSR count). The van der Waals surface area contributed by atoms with E-state index in [1.54, 1.807) is 0 Å². The van der Waals surface area contributed by atoms with Gasteiger partial charge in [-0.3, -0.25) is 0 Å². The van der Waals surface area contributed by atoms with Crippen molar-refractivity contribution in [3.8, 4) is 0 Å². The van der Waals surface area contributed by atoms with E-state index in [0.29, 0.717) is 39.3 Å². The second kappa shape index (κ2) is 15.0. The molecule has 0 bridgehead atoms. The molecule has 0 amide bonds. The number of hydrogen-bond donors (Lipinski definition) is 0. The largest absolute Gasteiger partial charge is 0.490 e. The van der Waals surface area contributed by atoms with E-state index < -0.39 is 30.1 Å². The van der Waals surface area contributed by atoms with Gasteiger partial charge in [0.15, 0.2) is 24.0 Å². The van der Waals surface area contributed by atoms with Crippen molar-refractivity contribution in [3.63, 3.8) is 0 Å². The predicted octanol–water partition coefficient (Wildman–Crippen LogP) is 6.83. The van der Waals surface area contributed by atoms with Crippen molar-refractivity contribution in [2.45, 2.75) is 121 Å². The molecule has 0 N–H and O–H groups in total. The van der Waals surface area contributed by atoms with Crippen LogP contribution in [0.4, 0.5) is 0 Å². The Morgan fingerprint density at radius 3 is 1.80 bits per heavy atom. The highest BCUT2D eigenvalue weighted by Gasteiger charge is 2.60. The van der Waals surface area contributed by atoms with Crippen LogP contribution >= 0.6 is 0 Å². The molecule has 0 radical (unpaired) electrons. The molecule has 0 aromatic heterocycles. The maximum atomic E-state index is 6.72. The molecular weight excluding hydrogens is 624 g/mol. The van der Waals surface area contributed by atoms with Crippen molar-refractivity contribution >= 4 is 0 Å². The first-order valence-electron chi connectivity index (χ1n) is 17.4. The summed E-state index contributed by atoms with van der Waals surface area (Å²) >= 11 is 0. The number of hydrogen-bond acceptors (Lipinski definition) is 9. The van der Waals surface area contributed by atoms with E-state index in [1.165, 1.54) is 0 Å². The van der Waals surface area contributed by atoms with Crippen LogP contribution in [0.15, 0.2) is 103 Å². The highest BCUT2D eigenvalue weighted by atomic mass is 16.9. The molecule has 9 nitrogen and oxygen atoms in total. The lowest BCUT2D eigenvalue weighted by molar-refractivity contribution is -0.235. The van der Waals surface area contributed by atoms with Crippen molar-refractivity contribution in [1.82, 2.24) is 0 Å². The zero-order chi connectivity index (χ0) is 33.8. The van der Waals surface area contributed by atoms with Crippen molar-refractivity contribution in [1.29, 1.82) is 0 Å². The highest BCUT2D eigenvalue weighted by molar-refractivity contribution is 5.17. The van der Waals surface area contributed by atoms with Crippen LogP contribution < -0.4 is 0 Å². The fraction of sp³-hybridized carbons (Fsp3) is 0.500. The zero-order valence-corrected chi connectivity index (χ0v) is 28.8. The summed E-state index contributed by atoms with van der Waals surface area (Å²) in [4.78, 5) is 0. The van der Waals surface area contributed by atoms with E-state index in [-0.39, 0.29) is 30.5 Å². The summed E-state index contributed by atoms with van der Waals surface area (Å²) in [6.07, 6.45) is 0.261. The second-order valence-electron chi connectivity index (χ2n) is 14.1. The Kier molecular flexibility index (Phi) is 10.5. The Bertz CT molecular complexity index is 1510. The summed E-state index contributed by atoms with van der Waals surface area (Å²) in [5.74, 6) is -0.732. The Morgan fingerprint density at radius 1 is 0.592 bits per heavy atom. The smallest absolute Gasteiger partial charge is 0.190 e. The van der Waals surface area contributed by atoms with Gasteiger partial charge in [0.2, 0.25) is 0 Å². The SMILES string of the molecule is CC1(C)O[C@H]2[C@@H](O1)[C@@H](CCC1=C[C@@H](OCc3ccccc3)[C@H](OCc3ccccc3)[C@@H](COCc3ccccc3)O1)O[C@@H]1OC(C)(C)O[C@@H]12. The Hall–Kier alpha value is -3.12. The van der Waals surface area contributed by atoms with Crippen LogP contribution in [0.2, 0.25) is 0 Å². The van der Waals surface area contributed by atoms with Gasteiger partial charge >= 0.3 is 0 Å². The summed E-state index contributed by atoms with van der Waals surface area (Å²) < 4.78 is 57.8. The molecule has 3 aromatic carbocycles. The molecule has 4 heterocycles. The number of ether oxygens (including phenoxy) is 9. The fourth-order valence-corrected chi connectivity index (χ4v) is 7.02.